The van der Waals surface area contributed by atoms with Crippen molar-refractivity contribution in [1.82, 2.24) is 4.98 Å². The number of hydrogen-bond acceptors (Lipinski definition) is 6. The Labute approximate surface area is 115 Å². The molecular formula is C13H15N3O4. The van der Waals surface area contributed by atoms with E-state index >= 15 is 0 Å². The van der Waals surface area contributed by atoms with E-state index in [9.17, 15) is 20.3 Å². The van der Waals surface area contributed by atoms with Crippen molar-refractivity contribution in [3.63, 3.8) is 0 Å². The van der Waals surface area contributed by atoms with Gasteiger partial charge in [-0.15, -0.1) is 0 Å². The maximum absolute atomic E-state index is 11.0. The molecule has 0 amide bonds. The second kappa shape index (κ2) is 5.40. The van der Waals surface area contributed by atoms with Crippen molar-refractivity contribution in [2.75, 3.05) is 18.5 Å². The Hall–Kier alpha value is -2.25. The van der Waals surface area contributed by atoms with Crippen LogP contribution in [0.15, 0.2) is 30.6 Å². The lowest BCUT2D eigenvalue weighted by atomic mass is 10.0. The van der Waals surface area contributed by atoms with Gasteiger partial charge in [0.15, 0.2) is 0 Å². The molecule has 7 nitrogen and oxygen atoms in total. The zero-order valence-electron chi connectivity index (χ0n) is 10.9. The van der Waals surface area contributed by atoms with Gasteiger partial charge in [0.05, 0.1) is 29.1 Å². The number of nitro groups is 1. The fourth-order valence-electron chi connectivity index (χ4n) is 1.90. The fraction of sp³-hybridized carbons (Fsp3) is 0.308. The first-order valence-corrected chi connectivity index (χ1v) is 6.02. The highest BCUT2D eigenvalue weighted by Crippen LogP contribution is 2.32. The Morgan fingerprint density at radius 1 is 1.30 bits per heavy atom. The Kier molecular flexibility index (Phi) is 3.82. The zero-order valence-corrected chi connectivity index (χ0v) is 10.9. The van der Waals surface area contributed by atoms with Crippen LogP contribution in [-0.4, -0.2) is 38.9 Å². The highest BCUT2D eigenvalue weighted by molar-refractivity contribution is 5.99. The predicted octanol–water partition coefficient (Wildman–Crippen LogP) is 1.30. The van der Waals surface area contributed by atoms with E-state index in [1.165, 1.54) is 18.5 Å². The quantitative estimate of drug-likeness (QED) is 0.561. The first kappa shape index (κ1) is 14.2. The summed E-state index contributed by atoms with van der Waals surface area (Å²) >= 11 is 0. The standard InChI is InChI=1S/C13H15N3O4/c1-13(7-17,8-18)15-11-2-3-12(16(19)20)9-4-5-14-6-10(9)11/h2-6,15,17-18H,7-8H2,1H3. The number of rotatable bonds is 5. The molecule has 0 atom stereocenters. The molecule has 106 valence electrons. The number of hydrogen-bond donors (Lipinski definition) is 3. The highest BCUT2D eigenvalue weighted by Gasteiger charge is 2.24. The molecule has 2 aromatic rings. The third kappa shape index (κ3) is 2.54. The summed E-state index contributed by atoms with van der Waals surface area (Å²) in [6.07, 6.45) is 3.00. The minimum absolute atomic E-state index is 0.0114. The van der Waals surface area contributed by atoms with Crippen LogP contribution in [-0.2, 0) is 0 Å². The Morgan fingerprint density at radius 2 is 2.00 bits per heavy atom. The van der Waals surface area contributed by atoms with E-state index in [1.54, 1.807) is 19.1 Å². The lowest BCUT2D eigenvalue weighted by molar-refractivity contribution is -0.383. The first-order valence-electron chi connectivity index (χ1n) is 6.02. The van der Waals surface area contributed by atoms with Crippen LogP contribution >= 0.6 is 0 Å². The first-order chi connectivity index (χ1) is 9.50. The van der Waals surface area contributed by atoms with E-state index in [0.29, 0.717) is 16.5 Å². The predicted molar refractivity (Wildman–Crippen MR) is 74.6 cm³/mol. The Bertz CT molecular complexity index is 641. The molecule has 0 unspecified atom stereocenters. The number of benzene rings is 1. The molecule has 0 radical (unpaired) electrons. The summed E-state index contributed by atoms with van der Waals surface area (Å²) in [5.41, 5.74) is -0.356. The number of aromatic nitrogens is 1. The van der Waals surface area contributed by atoms with Crippen LogP contribution in [0.1, 0.15) is 6.92 Å². The highest BCUT2D eigenvalue weighted by atomic mass is 16.6. The summed E-state index contributed by atoms with van der Waals surface area (Å²) in [4.78, 5) is 14.5. The largest absolute Gasteiger partial charge is 0.394 e. The fourth-order valence-corrected chi connectivity index (χ4v) is 1.90. The van der Waals surface area contributed by atoms with Crippen LogP contribution in [0.5, 0.6) is 0 Å². The molecule has 0 saturated carbocycles. The van der Waals surface area contributed by atoms with Crippen molar-refractivity contribution in [2.24, 2.45) is 0 Å². The summed E-state index contributed by atoms with van der Waals surface area (Å²) in [5.74, 6) is 0. The molecule has 0 aliphatic carbocycles. The number of nitro benzene ring substituents is 1. The normalized spacial score (nSPS) is 11.6. The minimum atomic E-state index is -0.918. The molecule has 20 heavy (non-hydrogen) atoms. The molecular weight excluding hydrogens is 262 g/mol. The number of aliphatic hydroxyl groups is 2. The van der Waals surface area contributed by atoms with E-state index in [1.807, 2.05) is 0 Å². The van der Waals surface area contributed by atoms with Gasteiger partial charge in [0.2, 0.25) is 0 Å². The maximum atomic E-state index is 11.0. The van der Waals surface area contributed by atoms with Gasteiger partial charge in [-0.05, 0) is 19.1 Å². The van der Waals surface area contributed by atoms with E-state index in [-0.39, 0.29) is 18.9 Å². The van der Waals surface area contributed by atoms with Gasteiger partial charge in [-0.1, -0.05) is 0 Å². The van der Waals surface area contributed by atoms with Crippen LogP contribution in [0.2, 0.25) is 0 Å². The maximum Gasteiger partial charge on any atom is 0.277 e. The number of anilines is 1. The Morgan fingerprint density at radius 3 is 2.60 bits per heavy atom. The average molecular weight is 277 g/mol. The monoisotopic (exact) mass is 277 g/mol. The number of non-ortho nitro benzene ring substituents is 1. The topological polar surface area (TPSA) is 109 Å². The van der Waals surface area contributed by atoms with Gasteiger partial charge in [0.25, 0.3) is 5.69 Å². The summed E-state index contributed by atoms with van der Waals surface area (Å²) in [5, 5.41) is 33.7. The zero-order chi connectivity index (χ0) is 14.8. The smallest absolute Gasteiger partial charge is 0.277 e. The number of fused-ring (bicyclic) bond motifs is 1. The number of nitrogens with one attached hydrogen (secondary N) is 1. The minimum Gasteiger partial charge on any atom is -0.394 e. The van der Waals surface area contributed by atoms with Gasteiger partial charge in [-0.25, -0.2) is 0 Å². The number of nitrogens with zero attached hydrogens (tertiary/aromatic N) is 2. The van der Waals surface area contributed by atoms with Gasteiger partial charge >= 0.3 is 0 Å². The van der Waals surface area contributed by atoms with Crippen molar-refractivity contribution in [3.8, 4) is 0 Å². The summed E-state index contributed by atoms with van der Waals surface area (Å²) < 4.78 is 0. The van der Waals surface area contributed by atoms with E-state index < -0.39 is 10.5 Å². The third-order valence-corrected chi connectivity index (χ3v) is 3.13. The van der Waals surface area contributed by atoms with Crippen LogP contribution in [0.25, 0.3) is 10.8 Å². The van der Waals surface area contributed by atoms with E-state index in [4.69, 9.17) is 0 Å². The number of pyridine rings is 1. The lowest BCUT2D eigenvalue weighted by Crippen LogP contribution is -2.42. The molecule has 1 aromatic carbocycles. The number of aliphatic hydroxyl groups excluding tert-OH is 2. The molecule has 0 saturated heterocycles. The van der Waals surface area contributed by atoms with Crippen molar-refractivity contribution in [1.29, 1.82) is 0 Å². The molecule has 0 aliphatic heterocycles. The molecule has 2 rings (SSSR count). The van der Waals surface area contributed by atoms with E-state index in [0.717, 1.165) is 0 Å². The van der Waals surface area contributed by atoms with Gasteiger partial charge in [0, 0.05) is 29.5 Å². The van der Waals surface area contributed by atoms with Crippen LogP contribution < -0.4 is 5.32 Å². The summed E-state index contributed by atoms with van der Waals surface area (Å²) in [6, 6.07) is 4.50. The molecule has 1 heterocycles. The van der Waals surface area contributed by atoms with Gasteiger partial charge in [0.1, 0.15) is 0 Å². The van der Waals surface area contributed by atoms with Gasteiger partial charge < -0.3 is 15.5 Å². The lowest BCUT2D eigenvalue weighted by Gasteiger charge is -2.28. The second-order valence-electron chi connectivity index (χ2n) is 4.81. The van der Waals surface area contributed by atoms with Crippen LogP contribution in [0.4, 0.5) is 11.4 Å². The molecule has 0 aliphatic rings. The SMILES string of the molecule is CC(CO)(CO)Nc1ccc([N+](=O)[O-])c2ccncc12. The molecule has 3 N–H and O–H groups in total. The van der Waals surface area contributed by atoms with Crippen molar-refractivity contribution in [2.45, 2.75) is 12.5 Å². The molecule has 7 heteroatoms. The van der Waals surface area contributed by atoms with Crippen molar-refractivity contribution in [3.05, 3.63) is 40.7 Å². The van der Waals surface area contributed by atoms with Crippen molar-refractivity contribution >= 4 is 22.1 Å². The van der Waals surface area contributed by atoms with E-state index in [2.05, 4.69) is 10.3 Å². The molecule has 0 fully saturated rings. The average Bonchev–Trinajstić information content (AvgIpc) is 2.47. The molecule has 0 bridgehead atoms. The summed E-state index contributed by atoms with van der Waals surface area (Å²) in [7, 11) is 0. The third-order valence-electron chi connectivity index (χ3n) is 3.13. The second-order valence-corrected chi connectivity index (χ2v) is 4.81. The Balaban J connectivity index is 2.56. The van der Waals surface area contributed by atoms with Gasteiger partial charge in [-0.2, -0.15) is 0 Å². The summed E-state index contributed by atoms with van der Waals surface area (Å²) in [6.45, 7) is 1.10. The van der Waals surface area contributed by atoms with Gasteiger partial charge in [-0.3, -0.25) is 15.1 Å². The molecule has 1 aromatic heterocycles. The molecule has 0 spiro atoms. The van der Waals surface area contributed by atoms with Crippen molar-refractivity contribution < 1.29 is 15.1 Å². The van der Waals surface area contributed by atoms with Crippen LogP contribution in [0, 0.1) is 10.1 Å². The van der Waals surface area contributed by atoms with Crippen LogP contribution in [0.3, 0.4) is 0 Å².